The van der Waals surface area contributed by atoms with Gasteiger partial charge in [0.15, 0.2) is 22.7 Å². The fourth-order valence-corrected chi connectivity index (χ4v) is 7.50. The summed E-state index contributed by atoms with van der Waals surface area (Å²) in [4.78, 5) is 110. The highest BCUT2D eigenvalue weighted by Gasteiger charge is 2.59. The number of carbonyl (C=O) groups is 8. The van der Waals surface area contributed by atoms with E-state index >= 15 is 0 Å². The molecule has 0 aromatic heterocycles. The molecular weight excluding hydrogens is 736 g/mol. The van der Waals surface area contributed by atoms with Crippen molar-refractivity contribution in [3.05, 3.63) is 33.4 Å². The molecule has 56 heavy (non-hydrogen) atoms. The van der Waals surface area contributed by atoms with Gasteiger partial charge in [0.2, 0.25) is 0 Å². The highest BCUT2D eigenvalue weighted by atomic mass is 16.6. The molecule has 0 atom stereocenters. The summed E-state index contributed by atoms with van der Waals surface area (Å²) in [6, 6.07) is 0. The van der Waals surface area contributed by atoms with Crippen LogP contribution in [0.3, 0.4) is 0 Å². The van der Waals surface area contributed by atoms with Gasteiger partial charge in [-0.15, -0.1) is 0 Å². The fraction of sp³-hybridized carbons (Fsp3) is 0.650. The van der Waals surface area contributed by atoms with Gasteiger partial charge in [-0.3, -0.25) is 38.4 Å². The summed E-state index contributed by atoms with van der Waals surface area (Å²) in [7, 11) is 0. The topological polar surface area (TPSA) is 210 Å². The third-order valence-electron chi connectivity index (χ3n) is 9.87. The van der Waals surface area contributed by atoms with E-state index in [-0.39, 0.29) is 89.7 Å². The van der Waals surface area contributed by atoms with E-state index < -0.39 is 83.3 Å². The van der Waals surface area contributed by atoms with Gasteiger partial charge in [-0.1, -0.05) is 0 Å². The van der Waals surface area contributed by atoms with Crippen LogP contribution in [-0.2, 0) is 115 Å². The van der Waals surface area contributed by atoms with E-state index in [0.29, 0.717) is 22.3 Å². The predicted molar refractivity (Wildman–Crippen MR) is 194 cm³/mol. The molecule has 16 nitrogen and oxygen atoms in total. The third-order valence-corrected chi connectivity index (χ3v) is 9.87. The first kappa shape index (κ1) is 45.4. The largest absolute Gasteiger partial charge is 0.465 e. The van der Waals surface area contributed by atoms with Crippen molar-refractivity contribution >= 4 is 47.8 Å². The van der Waals surface area contributed by atoms with E-state index in [9.17, 15) is 38.4 Å². The molecule has 16 heteroatoms. The zero-order chi connectivity index (χ0) is 41.8. The summed E-state index contributed by atoms with van der Waals surface area (Å²) in [5.74, 6) is -10.6. The standard InChI is InChI=1S/C40H54O16/c1-9-49-31(41)25(32(42)50-10-2)17-23-24(18-26(33(43)51-11-3)34(44)52-12-4)28-20-40(37(47)55-15-7,38(48)56-16-8)22-30(28)29-21-39(19-27(23)29,35(45)53-13-5)36(46)54-14-6/h25-26H,9-22H2,1-8H3. The molecule has 0 heterocycles. The number of hydrogen-bond acceptors (Lipinski definition) is 16. The van der Waals surface area contributed by atoms with Crippen molar-refractivity contribution in [2.45, 2.75) is 93.9 Å². The van der Waals surface area contributed by atoms with Crippen molar-refractivity contribution in [1.82, 2.24) is 0 Å². The first-order valence-corrected chi connectivity index (χ1v) is 19.2. The van der Waals surface area contributed by atoms with Crippen molar-refractivity contribution in [2.75, 3.05) is 52.9 Å². The van der Waals surface area contributed by atoms with E-state index in [1.165, 1.54) is 0 Å². The summed E-state index contributed by atoms with van der Waals surface area (Å²) >= 11 is 0. The Kier molecular flexibility index (Phi) is 16.4. The van der Waals surface area contributed by atoms with Gasteiger partial charge in [0, 0.05) is 25.7 Å². The van der Waals surface area contributed by atoms with Gasteiger partial charge >= 0.3 is 47.8 Å². The highest BCUT2D eigenvalue weighted by Crippen LogP contribution is 2.52. The minimum absolute atomic E-state index is 0.0874. The quantitative estimate of drug-likeness (QED) is 0.106. The maximum atomic E-state index is 13.9. The van der Waals surface area contributed by atoms with Crippen LogP contribution in [0.1, 0.15) is 88.8 Å². The number of rotatable bonds is 20. The van der Waals surface area contributed by atoms with Gasteiger partial charge in [0.1, 0.15) is 0 Å². The number of ether oxygens (including phenoxy) is 8. The second kappa shape index (κ2) is 20.2. The molecule has 0 bridgehead atoms. The molecule has 310 valence electrons. The second-order valence-electron chi connectivity index (χ2n) is 13.1. The van der Waals surface area contributed by atoms with Gasteiger partial charge in [0.25, 0.3) is 0 Å². The van der Waals surface area contributed by atoms with Crippen molar-refractivity contribution in [3.8, 4) is 0 Å². The van der Waals surface area contributed by atoms with Crippen molar-refractivity contribution in [2.24, 2.45) is 22.7 Å². The predicted octanol–water partition coefficient (Wildman–Crippen LogP) is 2.68. The van der Waals surface area contributed by atoms with Gasteiger partial charge in [-0.05, 0) is 102 Å². The lowest BCUT2D eigenvalue weighted by Gasteiger charge is -2.26. The lowest BCUT2D eigenvalue weighted by atomic mass is 9.80. The summed E-state index contributed by atoms with van der Waals surface area (Å²) in [5, 5.41) is 0. The van der Waals surface area contributed by atoms with Gasteiger partial charge in [-0.25, -0.2) is 0 Å². The van der Waals surface area contributed by atoms with Crippen LogP contribution in [0.2, 0.25) is 0 Å². The average Bonchev–Trinajstić information content (AvgIpc) is 3.76. The summed E-state index contributed by atoms with van der Waals surface area (Å²) < 4.78 is 42.9. The second-order valence-corrected chi connectivity index (χ2v) is 13.1. The van der Waals surface area contributed by atoms with Gasteiger partial charge in [0.05, 0.1) is 52.9 Å². The molecule has 2 aliphatic rings. The molecule has 3 rings (SSSR count). The minimum Gasteiger partial charge on any atom is -0.465 e. The lowest BCUT2D eigenvalue weighted by Crippen LogP contribution is -2.43. The lowest BCUT2D eigenvalue weighted by molar-refractivity contribution is -0.173. The van der Waals surface area contributed by atoms with Crippen LogP contribution in [0.15, 0.2) is 0 Å². The number of fused-ring (bicyclic) bond motifs is 3. The van der Waals surface area contributed by atoms with E-state index in [1.807, 2.05) is 0 Å². The number of benzene rings is 1. The van der Waals surface area contributed by atoms with Crippen LogP contribution in [0, 0.1) is 22.7 Å². The molecule has 1 aromatic carbocycles. The zero-order valence-corrected chi connectivity index (χ0v) is 33.6. The smallest absolute Gasteiger partial charge is 0.324 e. The van der Waals surface area contributed by atoms with E-state index in [4.69, 9.17) is 37.9 Å². The minimum atomic E-state index is -1.97. The molecule has 0 fully saturated rings. The van der Waals surface area contributed by atoms with Crippen LogP contribution in [0.4, 0.5) is 0 Å². The SMILES string of the molecule is CCOC(=O)C(Cc1c(CC(C(=O)OCC)C(=O)OCC)c2c(c3c1CC(C(=O)OCC)(C(=O)OCC)C3)CC(C(=O)OCC)(C(=O)OCC)C2)C(=O)OCC. The van der Waals surface area contributed by atoms with E-state index in [2.05, 4.69) is 0 Å². The molecule has 0 saturated heterocycles. The highest BCUT2D eigenvalue weighted by molar-refractivity contribution is 6.04. The fourth-order valence-electron chi connectivity index (χ4n) is 7.50. The molecule has 0 spiro atoms. The summed E-state index contributed by atoms with van der Waals surface area (Å²) in [5.41, 5.74) is -2.22. The third kappa shape index (κ3) is 9.15. The summed E-state index contributed by atoms with van der Waals surface area (Å²) in [6.07, 6.45) is -2.23. The molecule has 0 unspecified atom stereocenters. The molecular formula is C40H54O16. The Hall–Kier alpha value is -5.02. The van der Waals surface area contributed by atoms with Gasteiger partial charge < -0.3 is 37.9 Å². The summed E-state index contributed by atoms with van der Waals surface area (Å²) in [6.45, 7) is 11.8. The molecule has 0 N–H and O–H groups in total. The Morgan fingerprint density at radius 1 is 0.375 bits per heavy atom. The van der Waals surface area contributed by atoms with E-state index in [1.54, 1.807) is 55.4 Å². The van der Waals surface area contributed by atoms with Crippen LogP contribution in [0.25, 0.3) is 0 Å². The first-order valence-electron chi connectivity index (χ1n) is 19.2. The van der Waals surface area contributed by atoms with E-state index in [0.717, 1.165) is 0 Å². The van der Waals surface area contributed by atoms with Crippen LogP contribution >= 0.6 is 0 Å². The molecule has 0 radical (unpaired) electrons. The average molecular weight is 791 g/mol. The van der Waals surface area contributed by atoms with Crippen LogP contribution in [-0.4, -0.2) is 101 Å². The van der Waals surface area contributed by atoms with Crippen molar-refractivity contribution < 1.29 is 76.3 Å². The Bertz CT molecular complexity index is 1480. The molecule has 1 aromatic rings. The Labute approximate surface area is 326 Å². The molecule has 0 amide bonds. The Morgan fingerprint density at radius 2 is 0.589 bits per heavy atom. The van der Waals surface area contributed by atoms with Crippen LogP contribution in [0.5, 0.6) is 0 Å². The number of hydrogen-bond donors (Lipinski definition) is 0. The monoisotopic (exact) mass is 790 g/mol. The van der Waals surface area contributed by atoms with Gasteiger partial charge in [-0.2, -0.15) is 0 Å². The molecule has 2 aliphatic carbocycles. The zero-order valence-electron chi connectivity index (χ0n) is 33.6. The number of esters is 8. The Balaban J connectivity index is 2.59. The van der Waals surface area contributed by atoms with Crippen molar-refractivity contribution in [1.29, 1.82) is 0 Å². The Morgan fingerprint density at radius 3 is 0.804 bits per heavy atom. The van der Waals surface area contributed by atoms with Crippen molar-refractivity contribution in [3.63, 3.8) is 0 Å². The maximum Gasteiger partial charge on any atom is 0.324 e. The van der Waals surface area contributed by atoms with Crippen LogP contribution < -0.4 is 0 Å². The molecule has 0 aliphatic heterocycles. The first-order chi connectivity index (χ1) is 26.7. The normalized spacial score (nSPS) is 14.6. The molecule has 0 saturated carbocycles. The maximum absolute atomic E-state index is 13.9. The number of carbonyl (C=O) groups excluding carboxylic acids is 8.